The molecule has 0 fully saturated rings. The van der Waals surface area contributed by atoms with Gasteiger partial charge in [0, 0.05) is 0 Å². The highest BCUT2D eigenvalue weighted by Gasteiger charge is 2.04. The Kier molecular flexibility index (Phi) is 5.60. The van der Waals surface area contributed by atoms with Crippen LogP contribution in [-0.4, -0.2) is 11.7 Å². The van der Waals surface area contributed by atoms with E-state index < -0.39 is 6.23 Å². The Hall–Kier alpha value is -1.64. The fraction of sp³-hybridized carbons (Fsp3) is 0.294. The number of aryl methyl sites for hydroxylation is 1. The second kappa shape index (κ2) is 7.72. The summed E-state index contributed by atoms with van der Waals surface area (Å²) in [5, 5.41) is 13.1. The molecule has 0 saturated heterocycles. The van der Waals surface area contributed by atoms with E-state index in [2.05, 4.69) is 29.6 Å². The Labute approximate surface area is 115 Å². The van der Waals surface area contributed by atoms with Crippen molar-refractivity contribution in [2.24, 2.45) is 0 Å². The normalized spacial score (nSPS) is 12.3. The molecular formula is C17H21NO. The molecule has 2 aromatic rings. The summed E-state index contributed by atoms with van der Waals surface area (Å²) in [6.45, 7) is 0.836. The van der Waals surface area contributed by atoms with Crippen LogP contribution in [-0.2, 0) is 6.42 Å². The van der Waals surface area contributed by atoms with Crippen molar-refractivity contribution in [2.45, 2.75) is 25.5 Å². The minimum Gasteiger partial charge on any atom is -0.374 e. The SMILES string of the molecule is OC(NCCCCc1ccccc1)c1ccccc1. The molecular weight excluding hydrogens is 234 g/mol. The molecule has 0 saturated carbocycles. The zero-order chi connectivity index (χ0) is 13.3. The summed E-state index contributed by atoms with van der Waals surface area (Å²) in [4.78, 5) is 0. The van der Waals surface area contributed by atoms with Crippen LogP contribution in [0.4, 0.5) is 0 Å². The van der Waals surface area contributed by atoms with Gasteiger partial charge in [-0.25, -0.2) is 0 Å². The van der Waals surface area contributed by atoms with E-state index in [1.54, 1.807) is 0 Å². The second-order valence-electron chi connectivity index (χ2n) is 4.71. The van der Waals surface area contributed by atoms with E-state index in [-0.39, 0.29) is 0 Å². The van der Waals surface area contributed by atoms with Crippen LogP contribution in [0.2, 0.25) is 0 Å². The maximum absolute atomic E-state index is 9.93. The number of hydrogen-bond donors (Lipinski definition) is 2. The number of rotatable bonds is 7. The largest absolute Gasteiger partial charge is 0.374 e. The first-order valence-corrected chi connectivity index (χ1v) is 6.86. The van der Waals surface area contributed by atoms with Crippen molar-refractivity contribution < 1.29 is 5.11 Å². The van der Waals surface area contributed by atoms with Gasteiger partial charge in [-0.15, -0.1) is 0 Å². The first-order valence-electron chi connectivity index (χ1n) is 6.86. The summed E-state index contributed by atoms with van der Waals surface area (Å²) in [5.41, 5.74) is 2.30. The van der Waals surface area contributed by atoms with Crippen LogP contribution in [0, 0.1) is 0 Å². The number of unbranched alkanes of at least 4 members (excludes halogenated alkanes) is 1. The minimum absolute atomic E-state index is 0.557. The predicted octanol–water partition coefficient (Wildman–Crippen LogP) is 3.29. The lowest BCUT2D eigenvalue weighted by molar-refractivity contribution is 0.139. The van der Waals surface area contributed by atoms with E-state index in [4.69, 9.17) is 0 Å². The zero-order valence-corrected chi connectivity index (χ0v) is 11.1. The minimum atomic E-state index is -0.557. The third kappa shape index (κ3) is 4.86. The van der Waals surface area contributed by atoms with Crippen LogP contribution in [0.3, 0.4) is 0 Å². The van der Waals surface area contributed by atoms with Crippen molar-refractivity contribution in [1.29, 1.82) is 0 Å². The van der Waals surface area contributed by atoms with Crippen LogP contribution in [0.5, 0.6) is 0 Å². The molecule has 0 aromatic heterocycles. The van der Waals surface area contributed by atoms with E-state index in [0.717, 1.165) is 31.4 Å². The van der Waals surface area contributed by atoms with Gasteiger partial charge >= 0.3 is 0 Å². The maximum atomic E-state index is 9.93. The number of nitrogens with one attached hydrogen (secondary N) is 1. The van der Waals surface area contributed by atoms with Gasteiger partial charge in [-0.05, 0) is 36.9 Å². The van der Waals surface area contributed by atoms with E-state index in [1.807, 2.05) is 36.4 Å². The molecule has 2 rings (SSSR count). The Morgan fingerprint density at radius 3 is 2.16 bits per heavy atom. The Balaban J connectivity index is 1.62. The van der Waals surface area contributed by atoms with Gasteiger partial charge in [-0.1, -0.05) is 60.7 Å². The molecule has 2 heteroatoms. The molecule has 2 nitrogen and oxygen atoms in total. The lowest BCUT2D eigenvalue weighted by Crippen LogP contribution is -2.21. The number of aliphatic hydroxyl groups excluding tert-OH is 1. The number of hydrogen-bond acceptors (Lipinski definition) is 2. The van der Waals surface area contributed by atoms with Gasteiger partial charge in [0.1, 0.15) is 6.23 Å². The molecule has 0 amide bonds. The third-order valence-electron chi connectivity index (χ3n) is 3.19. The summed E-state index contributed by atoms with van der Waals surface area (Å²) >= 11 is 0. The summed E-state index contributed by atoms with van der Waals surface area (Å²) in [6.07, 6.45) is 2.75. The molecule has 0 radical (unpaired) electrons. The van der Waals surface area contributed by atoms with E-state index >= 15 is 0 Å². The van der Waals surface area contributed by atoms with Crippen molar-refractivity contribution in [3.05, 3.63) is 71.8 Å². The summed E-state index contributed by atoms with van der Waals surface area (Å²) in [7, 11) is 0. The standard InChI is InChI=1S/C17H21NO/c19-17(16-12-5-2-6-13-16)18-14-8-7-11-15-9-3-1-4-10-15/h1-6,9-10,12-13,17-19H,7-8,11,14H2. The highest BCUT2D eigenvalue weighted by molar-refractivity contribution is 5.16. The van der Waals surface area contributed by atoms with Gasteiger partial charge in [0.25, 0.3) is 0 Å². The monoisotopic (exact) mass is 255 g/mol. The lowest BCUT2D eigenvalue weighted by Gasteiger charge is -2.12. The molecule has 0 spiro atoms. The summed E-state index contributed by atoms with van der Waals surface area (Å²) < 4.78 is 0. The van der Waals surface area contributed by atoms with Gasteiger partial charge in [-0.2, -0.15) is 0 Å². The van der Waals surface area contributed by atoms with Crippen LogP contribution in [0.25, 0.3) is 0 Å². The van der Waals surface area contributed by atoms with E-state index in [1.165, 1.54) is 5.56 Å². The smallest absolute Gasteiger partial charge is 0.131 e. The van der Waals surface area contributed by atoms with Crippen LogP contribution in [0.15, 0.2) is 60.7 Å². The Bertz CT molecular complexity index is 455. The van der Waals surface area contributed by atoms with Gasteiger partial charge in [-0.3, -0.25) is 5.32 Å². The number of aliphatic hydroxyl groups is 1. The average molecular weight is 255 g/mol. The molecule has 0 aliphatic heterocycles. The highest BCUT2D eigenvalue weighted by atomic mass is 16.3. The fourth-order valence-corrected chi connectivity index (χ4v) is 2.09. The molecule has 100 valence electrons. The molecule has 0 aliphatic rings. The van der Waals surface area contributed by atoms with Crippen molar-refractivity contribution in [3.63, 3.8) is 0 Å². The summed E-state index contributed by atoms with van der Waals surface area (Å²) in [5.74, 6) is 0. The Morgan fingerprint density at radius 2 is 1.47 bits per heavy atom. The molecule has 1 atom stereocenters. The average Bonchev–Trinajstić information content (AvgIpc) is 2.49. The highest BCUT2D eigenvalue weighted by Crippen LogP contribution is 2.09. The second-order valence-corrected chi connectivity index (χ2v) is 4.71. The Morgan fingerprint density at radius 1 is 0.842 bits per heavy atom. The molecule has 2 N–H and O–H groups in total. The van der Waals surface area contributed by atoms with Gasteiger partial charge in [0.05, 0.1) is 0 Å². The van der Waals surface area contributed by atoms with Crippen molar-refractivity contribution >= 4 is 0 Å². The topological polar surface area (TPSA) is 32.3 Å². The molecule has 0 heterocycles. The van der Waals surface area contributed by atoms with Gasteiger partial charge < -0.3 is 5.11 Å². The van der Waals surface area contributed by atoms with Crippen LogP contribution < -0.4 is 5.32 Å². The molecule has 2 aromatic carbocycles. The van der Waals surface area contributed by atoms with Gasteiger partial charge in [0.2, 0.25) is 0 Å². The quantitative estimate of drug-likeness (QED) is 0.588. The maximum Gasteiger partial charge on any atom is 0.131 e. The zero-order valence-electron chi connectivity index (χ0n) is 11.1. The molecule has 0 bridgehead atoms. The molecule has 0 aliphatic carbocycles. The first kappa shape index (κ1) is 13.8. The first-order chi connectivity index (χ1) is 9.36. The molecule has 1 unspecified atom stereocenters. The predicted molar refractivity (Wildman–Crippen MR) is 78.8 cm³/mol. The van der Waals surface area contributed by atoms with E-state index in [0.29, 0.717) is 0 Å². The van der Waals surface area contributed by atoms with Gasteiger partial charge in [0.15, 0.2) is 0 Å². The van der Waals surface area contributed by atoms with Crippen molar-refractivity contribution in [1.82, 2.24) is 5.32 Å². The van der Waals surface area contributed by atoms with Crippen LogP contribution in [0.1, 0.15) is 30.2 Å². The van der Waals surface area contributed by atoms with Crippen molar-refractivity contribution in [2.75, 3.05) is 6.54 Å². The lowest BCUT2D eigenvalue weighted by atomic mass is 10.1. The van der Waals surface area contributed by atoms with Crippen LogP contribution >= 0.6 is 0 Å². The third-order valence-corrected chi connectivity index (χ3v) is 3.19. The molecule has 19 heavy (non-hydrogen) atoms. The summed E-state index contributed by atoms with van der Waals surface area (Å²) in [6, 6.07) is 20.2. The number of benzene rings is 2. The van der Waals surface area contributed by atoms with Crippen molar-refractivity contribution in [3.8, 4) is 0 Å². The van der Waals surface area contributed by atoms with E-state index in [9.17, 15) is 5.11 Å². The fourth-order valence-electron chi connectivity index (χ4n) is 2.09.